The number of rotatable bonds is 1. The SMILES string of the molecule is C/C=C/[C@H]1CCCS1. The van der Waals surface area contributed by atoms with Crippen molar-refractivity contribution in [2.24, 2.45) is 0 Å². The van der Waals surface area contributed by atoms with Crippen LogP contribution in [0.25, 0.3) is 0 Å². The first-order chi connectivity index (χ1) is 3.93. The Hall–Kier alpha value is 0.0900. The number of hydrogen-bond donors (Lipinski definition) is 0. The van der Waals surface area contributed by atoms with Gasteiger partial charge in [-0.3, -0.25) is 0 Å². The van der Waals surface area contributed by atoms with Gasteiger partial charge in [-0.25, -0.2) is 0 Å². The Morgan fingerprint density at radius 3 is 3.00 bits per heavy atom. The van der Waals surface area contributed by atoms with Gasteiger partial charge in [0.05, 0.1) is 0 Å². The molecule has 0 amide bonds. The fourth-order valence-electron chi connectivity index (χ4n) is 0.969. The molecule has 0 N–H and O–H groups in total. The summed E-state index contributed by atoms with van der Waals surface area (Å²) in [6, 6.07) is 0. The maximum absolute atomic E-state index is 2.30. The zero-order chi connectivity index (χ0) is 5.82. The summed E-state index contributed by atoms with van der Waals surface area (Å²) in [6.45, 7) is 2.10. The molecule has 0 unspecified atom stereocenters. The largest absolute Gasteiger partial charge is 0.154 e. The third-order valence-corrected chi connectivity index (χ3v) is 2.72. The zero-order valence-electron chi connectivity index (χ0n) is 5.26. The molecule has 46 valence electrons. The van der Waals surface area contributed by atoms with Crippen LogP contribution in [-0.2, 0) is 0 Å². The molecule has 1 rings (SSSR count). The van der Waals surface area contributed by atoms with E-state index in [4.69, 9.17) is 0 Å². The molecular weight excluding hydrogens is 116 g/mol. The summed E-state index contributed by atoms with van der Waals surface area (Å²) < 4.78 is 0. The first kappa shape index (κ1) is 6.21. The van der Waals surface area contributed by atoms with Crippen molar-refractivity contribution in [2.75, 3.05) is 5.75 Å². The number of hydrogen-bond acceptors (Lipinski definition) is 1. The van der Waals surface area contributed by atoms with Crippen LogP contribution in [0.5, 0.6) is 0 Å². The van der Waals surface area contributed by atoms with Crippen LogP contribution in [0.1, 0.15) is 19.8 Å². The van der Waals surface area contributed by atoms with Crippen molar-refractivity contribution in [1.29, 1.82) is 0 Å². The maximum Gasteiger partial charge on any atom is 0.0227 e. The highest BCUT2D eigenvalue weighted by atomic mass is 32.2. The van der Waals surface area contributed by atoms with E-state index >= 15 is 0 Å². The molecule has 0 nitrogen and oxygen atoms in total. The Bertz CT molecular complexity index is 80.4. The number of thioether (sulfide) groups is 1. The molecule has 0 saturated carbocycles. The van der Waals surface area contributed by atoms with Crippen LogP contribution >= 0.6 is 11.8 Å². The van der Waals surface area contributed by atoms with Crippen LogP contribution < -0.4 is 0 Å². The smallest absolute Gasteiger partial charge is 0.0227 e. The lowest BCUT2D eigenvalue weighted by Crippen LogP contribution is -1.86. The molecule has 8 heavy (non-hydrogen) atoms. The van der Waals surface area contributed by atoms with Gasteiger partial charge in [-0.05, 0) is 25.5 Å². The van der Waals surface area contributed by atoms with Gasteiger partial charge in [0.25, 0.3) is 0 Å². The molecule has 1 heterocycles. The monoisotopic (exact) mass is 128 g/mol. The van der Waals surface area contributed by atoms with Crippen LogP contribution in [-0.4, -0.2) is 11.0 Å². The second kappa shape index (κ2) is 3.18. The Balaban J connectivity index is 2.24. The predicted octanol–water partition coefficient (Wildman–Crippen LogP) is 2.46. The lowest BCUT2D eigenvalue weighted by atomic mass is 10.2. The zero-order valence-corrected chi connectivity index (χ0v) is 6.08. The van der Waals surface area contributed by atoms with Gasteiger partial charge >= 0.3 is 0 Å². The van der Waals surface area contributed by atoms with E-state index < -0.39 is 0 Å². The summed E-state index contributed by atoms with van der Waals surface area (Å²) in [6.07, 6.45) is 7.27. The molecule has 0 aromatic carbocycles. The van der Waals surface area contributed by atoms with E-state index in [1.54, 1.807) is 0 Å². The molecule has 1 fully saturated rings. The lowest BCUT2D eigenvalue weighted by molar-refractivity contribution is 0.880. The Kier molecular flexibility index (Phi) is 2.47. The summed E-state index contributed by atoms with van der Waals surface area (Å²) >= 11 is 2.08. The van der Waals surface area contributed by atoms with E-state index in [2.05, 4.69) is 30.8 Å². The molecule has 0 aromatic rings. The molecule has 0 bridgehead atoms. The Labute approximate surface area is 55.4 Å². The summed E-state index contributed by atoms with van der Waals surface area (Å²) in [5, 5.41) is 0.847. The minimum absolute atomic E-state index is 0.847. The Morgan fingerprint density at radius 2 is 2.50 bits per heavy atom. The van der Waals surface area contributed by atoms with Crippen LogP contribution in [0, 0.1) is 0 Å². The maximum atomic E-state index is 2.30. The summed E-state index contributed by atoms with van der Waals surface area (Å²) in [7, 11) is 0. The fourth-order valence-corrected chi connectivity index (χ4v) is 2.21. The quantitative estimate of drug-likeness (QED) is 0.489. The van der Waals surface area contributed by atoms with Crippen LogP contribution in [0.2, 0.25) is 0 Å². The average molecular weight is 128 g/mol. The topological polar surface area (TPSA) is 0 Å². The van der Waals surface area contributed by atoms with Crippen molar-refractivity contribution in [1.82, 2.24) is 0 Å². The minimum Gasteiger partial charge on any atom is -0.154 e. The summed E-state index contributed by atoms with van der Waals surface area (Å²) in [5.41, 5.74) is 0. The standard InChI is InChI=1S/C7H12S/c1-2-4-7-5-3-6-8-7/h2,4,7H,3,5-6H2,1H3/b4-2+/t7-/m0/s1. The van der Waals surface area contributed by atoms with Crippen molar-refractivity contribution >= 4 is 11.8 Å². The van der Waals surface area contributed by atoms with Crippen molar-refractivity contribution in [3.63, 3.8) is 0 Å². The van der Waals surface area contributed by atoms with Gasteiger partial charge < -0.3 is 0 Å². The summed E-state index contributed by atoms with van der Waals surface area (Å²) in [4.78, 5) is 0. The van der Waals surface area contributed by atoms with E-state index in [0.717, 1.165) is 5.25 Å². The Morgan fingerprint density at radius 1 is 1.62 bits per heavy atom. The van der Waals surface area contributed by atoms with E-state index in [1.165, 1.54) is 18.6 Å². The van der Waals surface area contributed by atoms with Crippen LogP contribution in [0.15, 0.2) is 12.2 Å². The minimum atomic E-state index is 0.847. The van der Waals surface area contributed by atoms with Gasteiger partial charge in [-0.2, -0.15) is 11.8 Å². The van der Waals surface area contributed by atoms with Crippen molar-refractivity contribution in [3.8, 4) is 0 Å². The second-order valence-electron chi connectivity index (χ2n) is 2.08. The van der Waals surface area contributed by atoms with E-state index in [1.807, 2.05) is 0 Å². The van der Waals surface area contributed by atoms with Gasteiger partial charge in [0.15, 0.2) is 0 Å². The molecular formula is C7H12S. The molecule has 1 heteroatoms. The highest BCUT2D eigenvalue weighted by Gasteiger charge is 2.10. The first-order valence-corrected chi connectivity index (χ1v) is 4.23. The normalized spacial score (nSPS) is 29.9. The van der Waals surface area contributed by atoms with Crippen molar-refractivity contribution in [2.45, 2.75) is 25.0 Å². The first-order valence-electron chi connectivity index (χ1n) is 3.18. The van der Waals surface area contributed by atoms with Gasteiger partial charge in [-0.1, -0.05) is 12.2 Å². The number of allylic oxidation sites excluding steroid dienone is 1. The van der Waals surface area contributed by atoms with Crippen molar-refractivity contribution < 1.29 is 0 Å². The second-order valence-corrected chi connectivity index (χ2v) is 3.42. The van der Waals surface area contributed by atoms with Crippen LogP contribution in [0.4, 0.5) is 0 Å². The van der Waals surface area contributed by atoms with E-state index in [-0.39, 0.29) is 0 Å². The molecule has 1 aliphatic rings. The highest BCUT2D eigenvalue weighted by molar-refractivity contribution is 8.00. The third-order valence-electron chi connectivity index (χ3n) is 1.37. The highest BCUT2D eigenvalue weighted by Crippen LogP contribution is 2.26. The third kappa shape index (κ3) is 1.55. The van der Waals surface area contributed by atoms with E-state index in [0.29, 0.717) is 0 Å². The predicted molar refractivity (Wildman–Crippen MR) is 40.3 cm³/mol. The lowest BCUT2D eigenvalue weighted by Gasteiger charge is -1.96. The van der Waals surface area contributed by atoms with Crippen molar-refractivity contribution in [3.05, 3.63) is 12.2 Å². The van der Waals surface area contributed by atoms with Gasteiger partial charge in [0.1, 0.15) is 0 Å². The molecule has 1 saturated heterocycles. The summed E-state index contributed by atoms with van der Waals surface area (Å²) in [5.74, 6) is 1.37. The van der Waals surface area contributed by atoms with Gasteiger partial charge in [0, 0.05) is 5.25 Å². The molecule has 0 radical (unpaired) electrons. The molecule has 0 spiro atoms. The molecule has 0 aliphatic carbocycles. The fraction of sp³-hybridized carbons (Fsp3) is 0.714. The van der Waals surface area contributed by atoms with Gasteiger partial charge in [-0.15, -0.1) is 0 Å². The molecule has 1 atom stereocenters. The average Bonchev–Trinajstić information content (AvgIpc) is 2.19. The molecule has 1 aliphatic heterocycles. The van der Waals surface area contributed by atoms with Gasteiger partial charge in [0.2, 0.25) is 0 Å². The molecule has 0 aromatic heterocycles. The van der Waals surface area contributed by atoms with E-state index in [9.17, 15) is 0 Å². The van der Waals surface area contributed by atoms with Crippen LogP contribution in [0.3, 0.4) is 0 Å².